The van der Waals surface area contributed by atoms with Crippen molar-refractivity contribution in [2.75, 3.05) is 6.54 Å². The summed E-state index contributed by atoms with van der Waals surface area (Å²) in [5.74, 6) is 0.279. The monoisotopic (exact) mass is 269 g/mol. The summed E-state index contributed by atoms with van der Waals surface area (Å²) in [4.78, 5) is 12.0. The first-order valence-electron chi connectivity index (χ1n) is 7.19. The average Bonchev–Trinajstić information content (AvgIpc) is 2.86. The molecule has 3 rings (SSSR count). The Morgan fingerprint density at radius 1 is 1.25 bits per heavy atom. The third-order valence-corrected chi connectivity index (χ3v) is 3.79. The summed E-state index contributed by atoms with van der Waals surface area (Å²) in [5.41, 5.74) is 2.17. The SMILES string of the molecule is O=C1NCCCCC1Cc1cnn(-c2ccccc2)c1. The molecule has 104 valence electrons. The first-order valence-corrected chi connectivity index (χ1v) is 7.19. The van der Waals surface area contributed by atoms with Gasteiger partial charge in [-0.05, 0) is 37.0 Å². The molecule has 0 spiro atoms. The zero-order chi connectivity index (χ0) is 13.8. The number of rotatable bonds is 3. The van der Waals surface area contributed by atoms with Crippen molar-refractivity contribution in [3.63, 3.8) is 0 Å². The zero-order valence-corrected chi connectivity index (χ0v) is 11.5. The second kappa shape index (κ2) is 5.90. The van der Waals surface area contributed by atoms with Crippen molar-refractivity contribution in [1.29, 1.82) is 0 Å². The fourth-order valence-corrected chi connectivity index (χ4v) is 2.67. The summed E-state index contributed by atoms with van der Waals surface area (Å²) in [7, 11) is 0. The maximum absolute atomic E-state index is 12.0. The summed E-state index contributed by atoms with van der Waals surface area (Å²) >= 11 is 0. The van der Waals surface area contributed by atoms with Crippen molar-refractivity contribution in [2.45, 2.75) is 25.7 Å². The predicted octanol–water partition coefficient (Wildman–Crippen LogP) is 2.33. The maximum atomic E-state index is 12.0. The molecule has 1 aromatic heterocycles. The highest BCUT2D eigenvalue weighted by molar-refractivity contribution is 5.79. The number of carbonyl (C=O) groups excluding carboxylic acids is 1. The first-order chi connectivity index (χ1) is 9.83. The maximum Gasteiger partial charge on any atom is 0.223 e. The second-order valence-corrected chi connectivity index (χ2v) is 5.32. The lowest BCUT2D eigenvalue weighted by atomic mass is 9.96. The van der Waals surface area contributed by atoms with Crippen molar-refractivity contribution in [1.82, 2.24) is 15.1 Å². The molecular formula is C16H19N3O. The number of hydrogen-bond donors (Lipinski definition) is 1. The van der Waals surface area contributed by atoms with Gasteiger partial charge in [-0.1, -0.05) is 24.6 Å². The molecule has 2 heterocycles. The van der Waals surface area contributed by atoms with Crippen LogP contribution in [0.15, 0.2) is 42.7 Å². The lowest BCUT2D eigenvalue weighted by Crippen LogP contribution is -2.29. The molecule has 1 aliphatic heterocycles. The highest BCUT2D eigenvalue weighted by Crippen LogP contribution is 2.18. The van der Waals surface area contributed by atoms with E-state index in [2.05, 4.69) is 10.4 Å². The fraction of sp³-hybridized carbons (Fsp3) is 0.375. The molecular weight excluding hydrogens is 250 g/mol. The number of amides is 1. The highest BCUT2D eigenvalue weighted by Gasteiger charge is 2.21. The van der Waals surface area contributed by atoms with E-state index in [9.17, 15) is 4.79 Å². The van der Waals surface area contributed by atoms with Crippen molar-refractivity contribution in [2.24, 2.45) is 5.92 Å². The summed E-state index contributed by atoms with van der Waals surface area (Å²) in [6.07, 6.45) is 7.85. The zero-order valence-electron chi connectivity index (χ0n) is 11.5. The van der Waals surface area contributed by atoms with Crippen molar-refractivity contribution in [3.8, 4) is 5.69 Å². The molecule has 1 aliphatic rings. The summed E-state index contributed by atoms with van der Waals surface area (Å²) in [6, 6.07) is 10.0. The van der Waals surface area contributed by atoms with Crippen molar-refractivity contribution >= 4 is 5.91 Å². The Labute approximate surface area is 118 Å². The number of benzene rings is 1. The van der Waals surface area contributed by atoms with Crippen LogP contribution in [0.1, 0.15) is 24.8 Å². The molecule has 1 unspecified atom stereocenters. The molecule has 1 atom stereocenters. The van der Waals surface area contributed by atoms with Gasteiger partial charge >= 0.3 is 0 Å². The molecule has 1 aromatic carbocycles. The molecule has 0 radical (unpaired) electrons. The predicted molar refractivity (Wildman–Crippen MR) is 77.6 cm³/mol. The van der Waals surface area contributed by atoms with Crippen LogP contribution in [0.2, 0.25) is 0 Å². The van der Waals surface area contributed by atoms with E-state index in [4.69, 9.17) is 0 Å². The largest absolute Gasteiger partial charge is 0.356 e. The third kappa shape index (κ3) is 2.90. The van der Waals surface area contributed by atoms with Crippen LogP contribution in [-0.2, 0) is 11.2 Å². The van der Waals surface area contributed by atoms with Gasteiger partial charge in [0.15, 0.2) is 0 Å². The lowest BCUT2D eigenvalue weighted by Gasteiger charge is -2.11. The van der Waals surface area contributed by atoms with Gasteiger partial charge in [-0.2, -0.15) is 5.10 Å². The Bertz CT molecular complexity index is 576. The van der Waals surface area contributed by atoms with E-state index < -0.39 is 0 Å². The minimum atomic E-state index is 0.0888. The van der Waals surface area contributed by atoms with E-state index in [1.165, 1.54) is 0 Å². The quantitative estimate of drug-likeness (QED) is 0.929. The van der Waals surface area contributed by atoms with Crippen LogP contribution >= 0.6 is 0 Å². The van der Waals surface area contributed by atoms with Crippen molar-refractivity contribution < 1.29 is 4.79 Å². The second-order valence-electron chi connectivity index (χ2n) is 5.32. The highest BCUT2D eigenvalue weighted by atomic mass is 16.1. The normalized spacial score (nSPS) is 19.4. The smallest absolute Gasteiger partial charge is 0.223 e. The van der Waals surface area contributed by atoms with Gasteiger partial charge in [-0.3, -0.25) is 4.79 Å². The van der Waals surface area contributed by atoms with E-state index in [0.717, 1.165) is 43.5 Å². The number of para-hydroxylation sites is 1. The van der Waals surface area contributed by atoms with E-state index in [-0.39, 0.29) is 11.8 Å². The third-order valence-electron chi connectivity index (χ3n) is 3.79. The standard InChI is InChI=1S/C16H19N3O/c20-16-14(6-4-5-9-17-16)10-13-11-18-19(12-13)15-7-2-1-3-8-15/h1-3,7-8,11-12,14H,4-6,9-10H2,(H,17,20). The number of hydrogen-bond acceptors (Lipinski definition) is 2. The number of nitrogens with zero attached hydrogens (tertiary/aromatic N) is 2. The van der Waals surface area contributed by atoms with Crippen LogP contribution in [0.3, 0.4) is 0 Å². The van der Waals surface area contributed by atoms with Crippen LogP contribution in [0.25, 0.3) is 5.69 Å². The minimum Gasteiger partial charge on any atom is -0.356 e. The minimum absolute atomic E-state index is 0.0888. The topological polar surface area (TPSA) is 46.9 Å². The van der Waals surface area contributed by atoms with Gasteiger partial charge in [0.05, 0.1) is 11.9 Å². The van der Waals surface area contributed by atoms with E-state index in [0.29, 0.717) is 0 Å². The first kappa shape index (κ1) is 12.9. The van der Waals surface area contributed by atoms with E-state index in [1.807, 2.05) is 47.4 Å². The molecule has 1 saturated heterocycles. The summed E-state index contributed by atoms with van der Waals surface area (Å²) < 4.78 is 1.87. The molecule has 4 heteroatoms. The van der Waals surface area contributed by atoms with Gasteiger partial charge in [0.1, 0.15) is 0 Å². The van der Waals surface area contributed by atoms with Gasteiger partial charge in [0.25, 0.3) is 0 Å². The van der Waals surface area contributed by atoms with Crippen LogP contribution in [0.4, 0.5) is 0 Å². The molecule has 1 N–H and O–H groups in total. The molecule has 1 fully saturated rings. The molecule has 4 nitrogen and oxygen atoms in total. The van der Waals surface area contributed by atoms with E-state index >= 15 is 0 Å². The molecule has 2 aromatic rings. The van der Waals surface area contributed by atoms with Gasteiger partial charge in [0, 0.05) is 18.7 Å². The Morgan fingerprint density at radius 2 is 2.10 bits per heavy atom. The van der Waals surface area contributed by atoms with Gasteiger partial charge in [0.2, 0.25) is 5.91 Å². The van der Waals surface area contributed by atoms with Crippen LogP contribution in [-0.4, -0.2) is 22.2 Å². The van der Waals surface area contributed by atoms with Gasteiger partial charge < -0.3 is 5.32 Å². The lowest BCUT2D eigenvalue weighted by molar-refractivity contribution is -0.124. The van der Waals surface area contributed by atoms with Crippen LogP contribution in [0, 0.1) is 5.92 Å². The molecule has 0 bridgehead atoms. The number of carbonyl (C=O) groups is 1. The van der Waals surface area contributed by atoms with Gasteiger partial charge in [-0.15, -0.1) is 0 Å². The molecule has 0 saturated carbocycles. The number of aromatic nitrogens is 2. The molecule has 0 aliphatic carbocycles. The molecule has 1 amide bonds. The fourth-order valence-electron chi connectivity index (χ4n) is 2.67. The number of nitrogens with one attached hydrogen (secondary N) is 1. The van der Waals surface area contributed by atoms with Gasteiger partial charge in [-0.25, -0.2) is 4.68 Å². The summed E-state index contributed by atoms with van der Waals surface area (Å²) in [5, 5.41) is 7.37. The Kier molecular flexibility index (Phi) is 3.81. The molecule has 20 heavy (non-hydrogen) atoms. The average molecular weight is 269 g/mol. The Morgan fingerprint density at radius 3 is 2.95 bits per heavy atom. The van der Waals surface area contributed by atoms with E-state index in [1.54, 1.807) is 0 Å². The van der Waals surface area contributed by atoms with Crippen molar-refractivity contribution in [3.05, 3.63) is 48.3 Å². The summed E-state index contributed by atoms with van der Waals surface area (Å²) in [6.45, 7) is 0.818. The Hall–Kier alpha value is -2.10. The van der Waals surface area contributed by atoms with Crippen LogP contribution in [0.5, 0.6) is 0 Å². The van der Waals surface area contributed by atoms with Crippen LogP contribution < -0.4 is 5.32 Å². The Balaban J connectivity index is 1.72.